The molecular formula is C15H20ClF4NO. The normalized spacial score (nSPS) is 17.8. The van der Waals surface area contributed by atoms with Gasteiger partial charge >= 0.3 is 6.18 Å². The molecule has 22 heavy (non-hydrogen) atoms. The second-order valence-corrected chi connectivity index (χ2v) is 5.40. The standard InChI is InChI=1S/C15H19F4NO.ClH/c16-13-3-1-12(2-4-13)14(21-10-15(17,18)19)9-11-5-7-20-8-6-11;/h1-4,11,14,20H,5-10H2;1H/t14-;/m0./s1. The molecule has 1 heterocycles. The van der Waals surface area contributed by atoms with Gasteiger partial charge in [-0.15, -0.1) is 12.4 Å². The Bertz CT molecular complexity index is 432. The molecule has 1 fully saturated rings. The van der Waals surface area contributed by atoms with Gasteiger partial charge in [-0.25, -0.2) is 4.39 Å². The Morgan fingerprint density at radius 2 is 1.73 bits per heavy atom. The number of ether oxygens (including phenoxy) is 1. The lowest BCUT2D eigenvalue weighted by molar-refractivity contribution is -0.188. The maximum absolute atomic E-state index is 13.0. The number of rotatable bonds is 5. The molecule has 2 nitrogen and oxygen atoms in total. The average molecular weight is 342 g/mol. The van der Waals surface area contributed by atoms with E-state index < -0.39 is 24.7 Å². The fourth-order valence-corrected chi connectivity index (χ4v) is 2.59. The van der Waals surface area contributed by atoms with Gasteiger partial charge in [0.1, 0.15) is 12.4 Å². The molecule has 0 saturated carbocycles. The molecule has 1 aromatic rings. The smallest absolute Gasteiger partial charge is 0.364 e. The molecule has 1 atom stereocenters. The summed E-state index contributed by atoms with van der Waals surface area (Å²) in [5.41, 5.74) is 0.596. The van der Waals surface area contributed by atoms with Crippen LogP contribution in [0.5, 0.6) is 0 Å². The van der Waals surface area contributed by atoms with Gasteiger partial charge in [0, 0.05) is 0 Å². The Labute approximate surface area is 133 Å². The van der Waals surface area contributed by atoms with E-state index in [2.05, 4.69) is 5.32 Å². The average Bonchev–Trinajstić information content (AvgIpc) is 2.45. The van der Waals surface area contributed by atoms with E-state index in [-0.39, 0.29) is 12.4 Å². The van der Waals surface area contributed by atoms with Gasteiger partial charge in [0.25, 0.3) is 0 Å². The Balaban J connectivity index is 0.00000242. The molecule has 0 aromatic heterocycles. The number of piperidine rings is 1. The zero-order valence-electron chi connectivity index (χ0n) is 12.0. The predicted octanol–water partition coefficient (Wildman–Crippen LogP) is 4.26. The lowest BCUT2D eigenvalue weighted by atomic mass is 9.89. The minimum Gasteiger partial charge on any atom is -0.364 e. The van der Waals surface area contributed by atoms with Gasteiger partial charge in [0.15, 0.2) is 0 Å². The maximum Gasteiger partial charge on any atom is 0.411 e. The van der Waals surface area contributed by atoms with E-state index >= 15 is 0 Å². The van der Waals surface area contributed by atoms with Gasteiger partial charge < -0.3 is 10.1 Å². The largest absolute Gasteiger partial charge is 0.411 e. The molecule has 1 saturated heterocycles. The molecule has 0 unspecified atom stereocenters. The first-order valence-corrected chi connectivity index (χ1v) is 7.08. The van der Waals surface area contributed by atoms with Gasteiger partial charge in [-0.1, -0.05) is 12.1 Å². The van der Waals surface area contributed by atoms with Gasteiger partial charge in [0.2, 0.25) is 0 Å². The molecule has 0 radical (unpaired) electrons. The maximum atomic E-state index is 13.0. The Morgan fingerprint density at radius 1 is 1.14 bits per heavy atom. The van der Waals surface area contributed by atoms with Crippen LogP contribution in [-0.4, -0.2) is 25.9 Å². The fraction of sp³-hybridized carbons (Fsp3) is 0.600. The second-order valence-electron chi connectivity index (χ2n) is 5.40. The summed E-state index contributed by atoms with van der Waals surface area (Å²) in [5.74, 6) is -0.0790. The summed E-state index contributed by atoms with van der Waals surface area (Å²) in [6.45, 7) is 0.472. The molecule has 7 heteroatoms. The third kappa shape index (κ3) is 6.50. The second kappa shape index (κ2) is 8.70. The molecular weight excluding hydrogens is 322 g/mol. The van der Waals surface area contributed by atoms with Crippen LogP contribution < -0.4 is 5.32 Å². The fourth-order valence-electron chi connectivity index (χ4n) is 2.59. The molecule has 0 aliphatic carbocycles. The van der Waals surface area contributed by atoms with E-state index in [4.69, 9.17) is 4.74 Å². The van der Waals surface area contributed by atoms with Gasteiger partial charge in [0.05, 0.1) is 6.10 Å². The van der Waals surface area contributed by atoms with E-state index in [1.165, 1.54) is 24.3 Å². The summed E-state index contributed by atoms with van der Waals surface area (Å²) in [7, 11) is 0. The van der Waals surface area contributed by atoms with Crippen molar-refractivity contribution in [2.75, 3.05) is 19.7 Å². The van der Waals surface area contributed by atoms with Crippen LogP contribution in [0.2, 0.25) is 0 Å². The van der Waals surface area contributed by atoms with E-state index in [9.17, 15) is 17.6 Å². The zero-order valence-corrected chi connectivity index (χ0v) is 12.9. The third-order valence-electron chi connectivity index (χ3n) is 3.70. The number of nitrogens with one attached hydrogen (secondary N) is 1. The first kappa shape index (κ1) is 19.2. The molecule has 1 N–H and O–H groups in total. The Kier molecular flexibility index (Phi) is 7.59. The van der Waals surface area contributed by atoms with Crippen LogP contribution in [0, 0.1) is 11.7 Å². The van der Waals surface area contributed by atoms with E-state index in [0.29, 0.717) is 17.9 Å². The summed E-state index contributed by atoms with van der Waals surface area (Å²) >= 11 is 0. The van der Waals surface area contributed by atoms with E-state index in [0.717, 1.165) is 25.9 Å². The van der Waals surface area contributed by atoms with Gasteiger partial charge in [-0.2, -0.15) is 13.2 Å². The lowest BCUT2D eigenvalue weighted by Gasteiger charge is -2.27. The highest BCUT2D eigenvalue weighted by Crippen LogP contribution is 2.31. The molecule has 0 amide bonds. The summed E-state index contributed by atoms with van der Waals surface area (Å²) in [4.78, 5) is 0. The molecule has 1 aliphatic rings. The van der Waals surface area contributed by atoms with Crippen molar-refractivity contribution in [3.05, 3.63) is 35.6 Å². The highest BCUT2D eigenvalue weighted by molar-refractivity contribution is 5.85. The van der Waals surface area contributed by atoms with Crippen molar-refractivity contribution in [1.29, 1.82) is 0 Å². The highest BCUT2D eigenvalue weighted by atomic mass is 35.5. The summed E-state index contributed by atoms with van der Waals surface area (Å²) in [5, 5.41) is 3.22. The SMILES string of the molecule is Cl.Fc1ccc([C@H](CC2CCNCC2)OCC(F)(F)F)cc1. The Morgan fingerprint density at radius 3 is 2.27 bits per heavy atom. The highest BCUT2D eigenvalue weighted by Gasteiger charge is 2.30. The van der Waals surface area contributed by atoms with Crippen LogP contribution in [0.3, 0.4) is 0 Å². The minimum absolute atomic E-state index is 0. The summed E-state index contributed by atoms with van der Waals surface area (Å²) in [6, 6.07) is 5.50. The van der Waals surface area contributed by atoms with Crippen molar-refractivity contribution in [2.45, 2.75) is 31.5 Å². The van der Waals surface area contributed by atoms with Crippen LogP contribution in [0.1, 0.15) is 30.9 Å². The summed E-state index contributed by atoms with van der Waals surface area (Å²) < 4.78 is 55.2. The minimum atomic E-state index is -4.35. The van der Waals surface area contributed by atoms with Crippen molar-refractivity contribution in [3.63, 3.8) is 0 Å². The number of alkyl halides is 3. The van der Waals surface area contributed by atoms with Crippen LogP contribution in [0.25, 0.3) is 0 Å². The predicted molar refractivity (Wildman–Crippen MR) is 78.6 cm³/mol. The zero-order chi connectivity index (χ0) is 15.3. The third-order valence-corrected chi connectivity index (χ3v) is 3.70. The van der Waals surface area contributed by atoms with E-state index in [1.54, 1.807) is 0 Å². The van der Waals surface area contributed by atoms with E-state index in [1.807, 2.05) is 0 Å². The molecule has 1 aromatic carbocycles. The lowest BCUT2D eigenvalue weighted by Crippen LogP contribution is -2.29. The molecule has 126 valence electrons. The van der Waals surface area contributed by atoms with Crippen molar-refractivity contribution in [2.24, 2.45) is 5.92 Å². The number of benzene rings is 1. The van der Waals surface area contributed by atoms with Crippen molar-refractivity contribution < 1.29 is 22.3 Å². The van der Waals surface area contributed by atoms with Crippen LogP contribution in [0.4, 0.5) is 17.6 Å². The monoisotopic (exact) mass is 341 g/mol. The quantitative estimate of drug-likeness (QED) is 0.808. The topological polar surface area (TPSA) is 21.3 Å². The molecule has 2 rings (SSSR count). The van der Waals surface area contributed by atoms with Crippen LogP contribution >= 0.6 is 12.4 Å². The van der Waals surface area contributed by atoms with Crippen LogP contribution in [0.15, 0.2) is 24.3 Å². The van der Waals surface area contributed by atoms with Gasteiger partial charge in [-0.05, 0) is 56.0 Å². The number of hydrogen-bond acceptors (Lipinski definition) is 2. The Hall–Kier alpha value is -0.850. The van der Waals surface area contributed by atoms with Crippen molar-refractivity contribution >= 4 is 12.4 Å². The van der Waals surface area contributed by atoms with Gasteiger partial charge in [-0.3, -0.25) is 0 Å². The first-order valence-electron chi connectivity index (χ1n) is 7.08. The van der Waals surface area contributed by atoms with Crippen LogP contribution in [-0.2, 0) is 4.74 Å². The van der Waals surface area contributed by atoms with Crippen molar-refractivity contribution in [3.8, 4) is 0 Å². The number of hydrogen-bond donors (Lipinski definition) is 1. The summed E-state index contributed by atoms with van der Waals surface area (Å²) in [6.07, 6.45) is -2.62. The number of halogens is 5. The molecule has 1 aliphatic heterocycles. The molecule has 0 bridgehead atoms. The first-order chi connectivity index (χ1) is 9.94. The molecule has 0 spiro atoms. The van der Waals surface area contributed by atoms with Crippen molar-refractivity contribution in [1.82, 2.24) is 5.32 Å².